The number of fused-ring (bicyclic) bond motifs is 5. The fourth-order valence-electron chi connectivity index (χ4n) is 6.83. The molecule has 4 aliphatic carbocycles. The molecule has 0 bridgehead atoms. The molecule has 0 heterocycles. The van der Waals surface area contributed by atoms with E-state index < -0.39 is 5.60 Å². The van der Waals surface area contributed by atoms with Crippen molar-refractivity contribution in [3.8, 4) is 0 Å². The summed E-state index contributed by atoms with van der Waals surface area (Å²) in [7, 11) is 0. The molecule has 2 nitrogen and oxygen atoms in total. The molecule has 2 heteroatoms. The van der Waals surface area contributed by atoms with Crippen molar-refractivity contribution in [1.29, 1.82) is 0 Å². The highest BCUT2D eigenvalue weighted by molar-refractivity contribution is 5.91. The number of allylic oxidation sites excluding steroid dienone is 1. The van der Waals surface area contributed by atoms with Crippen LogP contribution >= 0.6 is 0 Å². The maximum absolute atomic E-state index is 11.8. The van der Waals surface area contributed by atoms with E-state index in [0.717, 1.165) is 43.9 Å². The van der Waals surface area contributed by atoms with Gasteiger partial charge in [0.2, 0.25) is 0 Å². The number of carbonyl (C=O) groups is 1. The van der Waals surface area contributed by atoms with E-state index in [0.29, 0.717) is 23.5 Å². The first kappa shape index (κ1) is 14.9. The lowest BCUT2D eigenvalue weighted by Gasteiger charge is -2.57. The van der Waals surface area contributed by atoms with E-state index in [-0.39, 0.29) is 5.41 Å². The molecular weight excluding hydrogens is 272 g/mol. The van der Waals surface area contributed by atoms with E-state index in [2.05, 4.69) is 20.8 Å². The highest BCUT2D eigenvalue weighted by Gasteiger charge is 2.61. The SMILES string of the molecule is C[C@@H]1CC2=CC(=O)CC[C@@H]2[C@H]2CC[C@@]3(C)[C@@H](CCC3(C)O)[C@@H]21. The van der Waals surface area contributed by atoms with Gasteiger partial charge < -0.3 is 5.11 Å². The molecule has 0 aliphatic heterocycles. The molecule has 122 valence electrons. The second kappa shape index (κ2) is 4.69. The molecule has 0 aromatic rings. The highest BCUT2D eigenvalue weighted by atomic mass is 16.3. The Morgan fingerprint density at radius 3 is 2.73 bits per heavy atom. The first-order valence-corrected chi connectivity index (χ1v) is 9.29. The average molecular weight is 302 g/mol. The summed E-state index contributed by atoms with van der Waals surface area (Å²) in [4.78, 5) is 11.8. The molecule has 7 atom stereocenters. The smallest absolute Gasteiger partial charge is 0.155 e. The summed E-state index contributed by atoms with van der Waals surface area (Å²) in [5, 5.41) is 10.9. The lowest BCUT2D eigenvalue weighted by molar-refractivity contribution is -0.121. The Balaban J connectivity index is 1.69. The molecule has 4 rings (SSSR count). The summed E-state index contributed by atoms with van der Waals surface area (Å²) in [5.41, 5.74) is 1.08. The Morgan fingerprint density at radius 2 is 1.95 bits per heavy atom. The largest absolute Gasteiger partial charge is 0.390 e. The topological polar surface area (TPSA) is 37.3 Å². The third kappa shape index (κ3) is 1.85. The number of rotatable bonds is 0. The molecule has 0 aromatic heterocycles. The van der Waals surface area contributed by atoms with E-state index >= 15 is 0 Å². The van der Waals surface area contributed by atoms with Gasteiger partial charge in [0.25, 0.3) is 0 Å². The van der Waals surface area contributed by atoms with Gasteiger partial charge in [-0.2, -0.15) is 0 Å². The normalized spacial score (nSPS) is 54.3. The molecular formula is C20H30O2. The van der Waals surface area contributed by atoms with Gasteiger partial charge >= 0.3 is 0 Å². The Labute approximate surface area is 134 Å². The van der Waals surface area contributed by atoms with Gasteiger partial charge in [0.15, 0.2) is 5.78 Å². The second-order valence-electron chi connectivity index (χ2n) is 9.13. The van der Waals surface area contributed by atoms with Crippen molar-refractivity contribution < 1.29 is 9.90 Å². The molecule has 0 radical (unpaired) electrons. The van der Waals surface area contributed by atoms with Gasteiger partial charge in [-0.3, -0.25) is 4.79 Å². The van der Waals surface area contributed by atoms with Crippen LogP contribution in [0.3, 0.4) is 0 Å². The maximum Gasteiger partial charge on any atom is 0.155 e. The van der Waals surface area contributed by atoms with Crippen LogP contribution in [0.15, 0.2) is 11.6 Å². The first-order valence-electron chi connectivity index (χ1n) is 9.29. The lowest BCUT2D eigenvalue weighted by atomic mass is 9.48. The Kier molecular flexibility index (Phi) is 3.18. The summed E-state index contributed by atoms with van der Waals surface area (Å²) in [6, 6.07) is 0. The average Bonchev–Trinajstić information content (AvgIpc) is 2.69. The van der Waals surface area contributed by atoms with Gasteiger partial charge in [-0.1, -0.05) is 19.4 Å². The van der Waals surface area contributed by atoms with Crippen LogP contribution in [-0.2, 0) is 4.79 Å². The van der Waals surface area contributed by atoms with Crippen LogP contribution in [0.5, 0.6) is 0 Å². The van der Waals surface area contributed by atoms with Gasteiger partial charge in [0, 0.05) is 6.42 Å². The highest BCUT2D eigenvalue weighted by Crippen LogP contribution is 2.65. The molecule has 0 amide bonds. The maximum atomic E-state index is 11.8. The zero-order chi connectivity index (χ0) is 15.7. The number of hydrogen-bond acceptors (Lipinski definition) is 2. The zero-order valence-corrected chi connectivity index (χ0v) is 14.3. The van der Waals surface area contributed by atoms with E-state index in [4.69, 9.17) is 0 Å². The number of carbonyl (C=O) groups excluding carboxylic acids is 1. The minimum atomic E-state index is -0.485. The Morgan fingerprint density at radius 1 is 1.18 bits per heavy atom. The molecule has 3 fully saturated rings. The van der Waals surface area contributed by atoms with E-state index in [1.54, 1.807) is 0 Å². The summed E-state index contributed by atoms with van der Waals surface area (Å²) < 4.78 is 0. The summed E-state index contributed by atoms with van der Waals surface area (Å²) >= 11 is 0. The monoisotopic (exact) mass is 302 g/mol. The fraction of sp³-hybridized carbons (Fsp3) is 0.850. The van der Waals surface area contributed by atoms with Crippen molar-refractivity contribution >= 4 is 5.78 Å². The predicted molar refractivity (Wildman–Crippen MR) is 87.3 cm³/mol. The van der Waals surface area contributed by atoms with E-state index in [1.807, 2.05) is 6.08 Å². The van der Waals surface area contributed by atoms with Gasteiger partial charge in [0.1, 0.15) is 0 Å². The van der Waals surface area contributed by atoms with Crippen LogP contribution in [0.1, 0.15) is 65.7 Å². The number of aliphatic hydroxyl groups is 1. The third-order valence-corrected chi connectivity index (χ3v) is 8.20. The van der Waals surface area contributed by atoms with Crippen LogP contribution in [-0.4, -0.2) is 16.5 Å². The summed E-state index contributed by atoms with van der Waals surface area (Å²) in [5.74, 6) is 3.86. The number of ketones is 1. The van der Waals surface area contributed by atoms with Gasteiger partial charge in [-0.15, -0.1) is 0 Å². The molecule has 22 heavy (non-hydrogen) atoms. The Hall–Kier alpha value is -0.630. The summed E-state index contributed by atoms with van der Waals surface area (Å²) in [6.45, 7) is 6.82. The van der Waals surface area contributed by atoms with E-state index in [1.165, 1.54) is 18.4 Å². The third-order valence-electron chi connectivity index (χ3n) is 8.20. The van der Waals surface area contributed by atoms with Gasteiger partial charge in [-0.25, -0.2) is 0 Å². The zero-order valence-electron chi connectivity index (χ0n) is 14.3. The Bertz CT molecular complexity index is 532. The fourth-order valence-corrected chi connectivity index (χ4v) is 6.83. The lowest BCUT2D eigenvalue weighted by Crippen LogP contribution is -2.53. The summed E-state index contributed by atoms with van der Waals surface area (Å²) in [6.07, 6.45) is 9.51. The van der Waals surface area contributed by atoms with Crippen molar-refractivity contribution in [2.75, 3.05) is 0 Å². The number of hydrogen-bond donors (Lipinski definition) is 1. The molecule has 3 saturated carbocycles. The minimum absolute atomic E-state index is 0.105. The van der Waals surface area contributed by atoms with Crippen molar-refractivity contribution in [1.82, 2.24) is 0 Å². The van der Waals surface area contributed by atoms with Crippen LogP contribution < -0.4 is 0 Å². The van der Waals surface area contributed by atoms with Crippen molar-refractivity contribution in [3.05, 3.63) is 11.6 Å². The van der Waals surface area contributed by atoms with Crippen LogP contribution in [0.25, 0.3) is 0 Å². The van der Waals surface area contributed by atoms with Crippen LogP contribution in [0.4, 0.5) is 0 Å². The van der Waals surface area contributed by atoms with Crippen molar-refractivity contribution in [2.45, 2.75) is 71.3 Å². The quantitative estimate of drug-likeness (QED) is 0.730. The molecule has 0 spiro atoms. The predicted octanol–water partition coefficient (Wildman–Crippen LogP) is 4.13. The second-order valence-corrected chi connectivity index (χ2v) is 9.13. The van der Waals surface area contributed by atoms with Crippen LogP contribution in [0, 0.1) is 35.0 Å². The molecule has 1 N–H and O–H groups in total. The van der Waals surface area contributed by atoms with Gasteiger partial charge in [0.05, 0.1) is 5.60 Å². The van der Waals surface area contributed by atoms with Crippen LogP contribution in [0.2, 0.25) is 0 Å². The minimum Gasteiger partial charge on any atom is -0.390 e. The standard InChI is InChI=1S/C20H30O2/c1-12-10-13-11-14(21)4-5-15(13)16-6-8-19(2)17(18(12)16)7-9-20(19,3)22/h11-12,15-18,22H,4-10H2,1-3H3/t12-,15+,16-,17+,18-,19+,20?/m1/s1. The van der Waals surface area contributed by atoms with E-state index in [9.17, 15) is 9.90 Å². The van der Waals surface area contributed by atoms with Gasteiger partial charge in [-0.05, 0) is 86.5 Å². The molecule has 0 aromatic carbocycles. The van der Waals surface area contributed by atoms with Crippen molar-refractivity contribution in [3.63, 3.8) is 0 Å². The molecule has 4 aliphatic rings. The molecule has 0 saturated heterocycles. The molecule has 1 unspecified atom stereocenters. The first-order chi connectivity index (χ1) is 10.3. The van der Waals surface area contributed by atoms with Crippen molar-refractivity contribution in [2.24, 2.45) is 35.0 Å².